The third kappa shape index (κ3) is 4.98. The molecular formula is C18H23ClN2O2. The molecule has 2 N–H and O–H groups in total. The number of hydrogen-bond donors (Lipinski definition) is 1. The van der Waals surface area contributed by atoms with Crippen LogP contribution in [-0.2, 0) is 13.1 Å². The second-order valence-electron chi connectivity index (χ2n) is 5.07. The highest BCUT2D eigenvalue weighted by molar-refractivity contribution is 5.94. The number of carbonyl (C=O) groups excluding carboxylic acids is 1. The fourth-order valence-corrected chi connectivity index (χ4v) is 2.24. The van der Waals surface area contributed by atoms with Crippen molar-refractivity contribution < 1.29 is 9.53 Å². The number of rotatable bonds is 6. The predicted octanol–water partition coefficient (Wildman–Crippen LogP) is 3.24. The molecule has 5 heteroatoms. The largest absolute Gasteiger partial charge is 0.497 e. The van der Waals surface area contributed by atoms with Gasteiger partial charge in [0.1, 0.15) is 5.75 Å². The number of amides is 1. The second kappa shape index (κ2) is 9.18. The highest BCUT2D eigenvalue weighted by Gasteiger charge is 2.14. The van der Waals surface area contributed by atoms with Crippen LogP contribution >= 0.6 is 12.4 Å². The summed E-state index contributed by atoms with van der Waals surface area (Å²) < 4.78 is 5.15. The van der Waals surface area contributed by atoms with Gasteiger partial charge in [-0.2, -0.15) is 0 Å². The van der Waals surface area contributed by atoms with E-state index in [1.165, 1.54) is 0 Å². The van der Waals surface area contributed by atoms with E-state index < -0.39 is 0 Å². The van der Waals surface area contributed by atoms with Crippen molar-refractivity contribution in [2.75, 3.05) is 13.7 Å². The molecule has 0 bridgehead atoms. The van der Waals surface area contributed by atoms with Crippen molar-refractivity contribution in [3.63, 3.8) is 0 Å². The molecule has 1 amide bonds. The lowest BCUT2D eigenvalue weighted by molar-refractivity contribution is 0.0752. The Balaban J connectivity index is 0.00000264. The molecular weight excluding hydrogens is 312 g/mol. The van der Waals surface area contributed by atoms with Gasteiger partial charge in [-0.25, -0.2) is 0 Å². The molecule has 124 valence electrons. The minimum atomic E-state index is 0. The highest BCUT2D eigenvalue weighted by atomic mass is 35.5. The Hall–Kier alpha value is -2.04. The SMILES string of the molecule is CCN(Cc1ccc(OC)cc1)C(=O)c1ccc(CN)cc1.Cl. The molecule has 0 unspecified atom stereocenters. The van der Waals surface area contributed by atoms with Crippen LogP contribution in [0.1, 0.15) is 28.4 Å². The minimum Gasteiger partial charge on any atom is -0.497 e. The van der Waals surface area contributed by atoms with Crippen molar-refractivity contribution >= 4 is 18.3 Å². The lowest BCUT2D eigenvalue weighted by Crippen LogP contribution is -2.30. The van der Waals surface area contributed by atoms with Crippen molar-refractivity contribution in [3.8, 4) is 5.75 Å². The molecule has 0 spiro atoms. The van der Waals surface area contributed by atoms with E-state index in [1.807, 2.05) is 60.4 Å². The van der Waals surface area contributed by atoms with Crippen LogP contribution in [0.5, 0.6) is 5.75 Å². The first-order valence-electron chi connectivity index (χ1n) is 7.39. The summed E-state index contributed by atoms with van der Waals surface area (Å²) in [5.41, 5.74) is 8.37. The topological polar surface area (TPSA) is 55.6 Å². The van der Waals surface area contributed by atoms with E-state index in [0.29, 0.717) is 25.2 Å². The van der Waals surface area contributed by atoms with E-state index in [4.69, 9.17) is 10.5 Å². The Morgan fingerprint density at radius 3 is 2.09 bits per heavy atom. The lowest BCUT2D eigenvalue weighted by Gasteiger charge is -2.21. The molecule has 0 saturated heterocycles. The quantitative estimate of drug-likeness (QED) is 0.882. The Bertz CT molecular complexity index is 612. The van der Waals surface area contributed by atoms with Crippen molar-refractivity contribution in [2.45, 2.75) is 20.0 Å². The van der Waals surface area contributed by atoms with E-state index in [2.05, 4.69) is 0 Å². The van der Waals surface area contributed by atoms with Crippen molar-refractivity contribution in [1.29, 1.82) is 0 Å². The van der Waals surface area contributed by atoms with Gasteiger partial charge >= 0.3 is 0 Å². The average molecular weight is 335 g/mol. The molecule has 2 rings (SSSR count). The Kier molecular flexibility index (Phi) is 7.59. The van der Waals surface area contributed by atoms with Crippen LogP contribution in [0.2, 0.25) is 0 Å². The van der Waals surface area contributed by atoms with Gasteiger partial charge in [0, 0.05) is 25.2 Å². The zero-order valence-corrected chi connectivity index (χ0v) is 14.3. The van der Waals surface area contributed by atoms with Gasteiger partial charge in [-0.1, -0.05) is 24.3 Å². The number of nitrogens with zero attached hydrogens (tertiary/aromatic N) is 1. The Labute approximate surface area is 143 Å². The first-order valence-corrected chi connectivity index (χ1v) is 7.39. The number of methoxy groups -OCH3 is 1. The molecule has 0 aliphatic rings. The standard InChI is InChI=1S/C18H22N2O2.ClH/c1-3-20(13-15-6-10-17(22-2)11-7-15)18(21)16-8-4-14(12-19)5-9-16;/h4-11H,3,12-13,19H2,1-2H3;1H. The average Bonchev–Trinajstić information content (AvgIpc) is 2.59. The Morgan fingerprint density at radius 2 is 1.61 bits per heavy atom. The minimum absolute atomic E-state index is 0. The van der Waals surface area contributed by atoms with Crippen LogP contribution in [0.15, 0.2) is 48.5 Å². The maximum absolute atomic E-state index is 12.6. The number of halogens is 1. The summed E-state index contributed by atoms with van der Waals surface area (Å²) in [6, 6.07) is 15.2. The van der Waals surface area contributed by atoms with E-state index in [9.17, 15) is 4.79 Å². The van der Waals surface area contributed by atoms with Gasteiger partial charge in [0.15, 0.2) is 0 Å². The van der Waals surface area contributed by atoms with Crippen LogP contribution in [0.3, 0.4) is 0 Å². The van der Waals surface area contributed by atoms with Crippen LogP contribution in [0, 0.1) is 0 Å². The summed E-state index contributed by atoms with van der Waals surface area (Å²) in [5, 5.41) is 0. The summed E-state index contributed by atoms with van der Waals surface area (Å²) in [7, 11) is 1.64. The molecule has 0 aliphatic carbocycles. The summed E-state index contributed by atoms with van der Waals surface area (Å²) in [4.78, 5) is 14.4. The zero-order valence-electron chi connectivity index (χ0n) is 13.5. The number of nitrogens with two attached hydrogens (primary N) is 1. The molecule has 0 fully saturated rings. The van der Waals surface area contributed by atoms with Gasteiger partial charge in [-0.3, -0.25) is 4.79 Å². The van der Waals surface area contributed by atoms with Gasteiger partial charge in [0.05, 0.1) is 7.11 Å². The molecule has 0 aliphatic heterocycles. The smallest absolute Gasteiger partial charge is 0.254 e. The van der Waals surface area contributed by atoms with Gasteiger partial charge in [0.2, 0.25) is 0 Å². The monoisotopic (exact) mass is 334 g/mol. The molecule has 23 heavy (non-hydrogen) atoms. The van der Waals surface area contributed by atoms with Gasteiger partial charge < -0.3 is 15.4 Å². The fraction of sp³-hybridized carbons (Fsp3) is 0.278. The van der Waals surface area contributed by atoms with Crippen molar-refractivity contribution in [3.05, 3.63) is 65.2 Å². The summed E-state index contributed by atoms with van der Waals surface area (Å²) in [6.45, 7) is 3.70. The first-order chi connectivity index (χ1) is 10.7. The fourth-order valence-electron chi connectivity index (χ4n) is 2.24. The molecule has 0 aromatic heterocycles. The van der Waals surface area contributed by atoms with Gasteiger partial charge in [0.25, 0.3) is 5.91 Å². The summed E-state index contributed by atoms with van der Waals surface area (Å²) in [6.07, 6.45) is 0. The van der Waals surface area contributed by atoms with E-state index >= 15 is 0 Å². The van der Waals surface area contributed by atoms with Crippen molar-refractivity contribution in [1.82, 2.24) is 4.90 Å². The Morgan fingerprint density at radius 1 is 1.04 bits per heavy atom. The highest BCUT2D eigenvalue weighted by Crippen LogP contribution is 2.15. The zero-order chi connectivity index (χ0) is 15.9. The van der Waals surface area contributed by atoms with E-state index in [1.54, 1.807) is 7.11 Å². The summed E-state index contributed by atoms with van der Waals surface area (Å²) >= 11 is 0. The normalized spacial score (nSPS) is 9.87. The van der Waals surface area contributed by atoms with Gasteiger partial charge in [-0.05, 0) is 42.3 Å². The second-order valence-corrected chi connectivity index (χ2v) is 5.07. The molecule has 2 aromatic rings. The van der Waals surface area contributed by atoms with Crippen LogP contribution in [0.4, 0.5) is 0 Å². The maximum Gasteiger partial charge on any atom is 0.254 e. The van der Waals surface area contributed by atoms with E-state index in [0.717, 1.165) is 16.9 Å². The summed E-state index contributed by atoms with van der Waals surface area (Å²) in [5.74, 6) is 0.845. The molecule has 0 saturated carbocycles. The predicted molar refractivity (Wildman–Crippen MR) is 95.0 cm³/mol. The lowest BCUT2D eigenvalue weighted by atomic mass is 10.1. The van der Waals surface area contributed by atoms with Crippen LogP contribution in [-0.4, -0.2) is 24.5 Å². The molecule has 0 heterocycles. The number of benzene rings is 2. The van der Waals surface area contributed by atoms with Crippen LogP contribution in [0.25, 0.3) is 0 Å². The molecule has 4 nitrogen and oxygen atoms in total. The van der Waals surface area contributed by atoms with E-state index in [-0.39, 0.29) is 18.3 Å². The van der Waals surface area contributed by atoms with Crippen LogP contribution < -0.4 is 10.5 Å². The molecule has 0 atom stereocenters. The third-order valence-corrected chi connectivity index (χ3v) is 3.64. The van der Waals surface area contributed by atoms with Crippen molar-refractivity contribution in [2.24, 2.45) is 5.73 Å². The third-order valence-electron chi connectivity index (χ3n) is 3.64. The first kappa shape index (κ1) is 19.0. The molecule has 2 aromatic carbocycles. The molecule has 0 radical (unpaired) electrons. The maximum atomic E-state index is 12.6. The number of carbonyl (C=O) groups is 1. The number of hydrogen-bond acceptors (Lipinski definition) is 3. The number of ether oxygens (including phenoxy) is 1. The van der Waals surface area contributed by atoms with Gasteiger partial charge in [-0.15, -0.1) is 12.4 Å².